The Bertz CT molecular complexity index is 1930. The summed E-state index contributed by atoms with van der Waals surface area (Å²) in [7, 11) is 0. The second-order valence-electron chi connectivity index (χ2n) is 12.9. The van der Waals surface area contributed by atoms with Crippen molar-refractivity contribution in [2.75, 3.05) is 9.80 Å². The van der Waals surface area contributed by atoms with E-state index in [1.165, 1.54) is 39.2 Å². The fourth-order valence-electron chi connectivity index (χ4n) is 7.76. The predicted octanol–water partition coefficient (Wildman–Crippen LogP) is 12.3. The average molecular weight is 611 g/mol. The lowest BCUT2D eigenvalue weighted by atomic mass is 9.70. The van der Waals surface area contributed by atoms with Gasteiger partial charge >= 0.3 is 0 Å². The summed E-state index contributed by atoms with van der Waals surface area (Å²) in [6, 6.07) is 47.9. The van der Waals surface area contributed by atoms with E-state index in [1.807, 2.05) is 0 Å². The highest BCUT2D eigenvalue weighted by molar-refractivity contribution is 5.80. The van der Waals surface area contributed by atoms with Crippen LogP contribution in [0, 0.1) is 11.8 Å². The van der Waals surface area contributed by atoms with Crippen LogP contribution >= 0.6 is 0 Å². The third-order valence-corrected chi connectivity index (χ3v) is 9.89. The van der Waals surface area contributed by atoms with Gasteiger partial charge in [0.05, 0.1) is 5.54 Å². The Morgan fingerprint density at radius 1 is 0.681 bits per heavy atom. The summed E-state index contributed by atoms with van der Waals surface area (Å²) < 4.78 is 0. The molecular weight excluding hydrogens is 569 g/mol. The molecule has 0 radical (unpaired) electrons. The number of fused-ring (bicyclic) bond motifs is 1. The maximum Gasteiger partial charge on any atom is 0.0677 e. The molecule has 1 aliphatic heterocycles. The van der Waals surface area contributed by atoms with E-state index in [4.69, 9.17) is 0 Å². The molecule has 1 aliphatic carbocycles. The van der Waals surface area contributed by atoms with Crippen molar-refractivity contribution in [3.63, 3.8) is 0 Å². The van der Waals surface area contributed by atoms with E-state index in [1.54, 1.807) is 0 Å². The molecule has 3 unspecified atom stereocenters. The molecule has 0 bridgehead atoms. The Balaban J connectivity index is 1.19. The summed E-state index contributed by atoms with van der Waals surface area (Å²) in [6.45, 7) is 11.1. The van der Waals surface area contributed by atoms with Crippen molar-refractivity contribution in [3.05, 3.63) is 182 Å². The van der Waals surface area contributed by atoms with Crippen LogP contribution in [0.2, 0.25) is 0 Å². The van der Waals surface area contributed by atoms with Gasteiger partial charge in [-0.15, -0.1) is 0 Å². The van der Waals surface area contributed by atoms with Crippen LogP contribution in [0.25, 0.3) is 22.3 Å². The van der Waals surface area contributed by atoms with Gasteiger partial charge in [0.25, 0.3) is 0 Å². The number of benzene rings is 5. The first kappa shape index (κ1) is 30.3. The highest BCUT2D eigenvalue weighted by atomic mass is 15.2. The maximum atomic E-state index is 4.24. The number of rotatable bonds is 8. The van der Waals surface area contributed by atoms with E-state index in [9.17, 15) is 0 Å². The van der Waals surface area contributed by atoms with E-state index in [-0.39, 0.29) is 5.54 Å². The Kier molecular flexibility index (Phi) is 8.26. The zero-order valence-electron chi connectivity index (χ0n) is 27.6. The van der Waals surface area contributed by atoms with Crippen molar-refractivity contribution in [1.29, 1.82) is 0 Å². The van der Waals surface area contributed by atoms with E-state index in [0.29, 0.717) is 11.8 Å². The molecule has 3 atom stereocenters. The molecule has 5 aromatic rings. The molecule has 2 nitrogen and oxygen atoms in total. The van der Waals surface area contributed by atoms with Crippen molar-refractivity contribution in [3.8, 4) is 22.3 Å². The summed E-state index contributed by atoms with van der Waals surface area (Å²) in [4.78, 5) is 4.84. The minimum atomic E-state index is -0.126. The Hall–Kier alpha value is -5.34. The molecule has 47 heavy (non-hydrogen) atoms. The van der Waals surface area contributed by atoms with Crippen molar-refractivity contribution < 1.29 is 0 Å². The molecule has 232 valence electrons. The maximum absolute atomic E-state index is 4.24. The van der Waals surface area contributed by atoms with E-state index < -0.39 is 0 Å². The Morgan fingerprint density at radius 2 is 1.17 bits per heavy atom. The predicted molar refractivity (Wildman–Crippen MR) is 201 cm³/mol. The van der Waals surface area contributed by atoms with Crippen LogP contribution in [0.4, 0.5) is 22.7 Å². The first-order valence-electron chi connectivity index (χ1n) is 16.7. The second kappa shape index (κ2) is 12.8. The molecule has 0 N–H and O–H groups in total. The minimum Gasteiger partial charge on any atom is -0.331 e. The Labute approximate surface area is 280 Å². The smallest absolute Gasteiger partial charge is 0.0677 e. The lowest BCUT2D eigenvalue weighted by Crippen LogP contribution is -2.48. The van der Waals surface area contributed by atoms with Gasteiger partial charge < -0.3 is 9.80 Å². The van der Waals surface area contributed by atoms with Gasteiger partial charge in [-0.2, -0.15) is 0 Å². The largest absolute Gasteiger partial charge is 0.331 e. The van der Waals surface area contributed by atoms with Crippen LogP contribution < -0.4 is 9.80 Å². The molecule has 0 saturated heterocycles. The highest BCUT2D eigenvalue weighted by Crippen LogP contribution is 2.52. The van der Waals surface area contributed by atoms with E-state index in [2.05, 4.69) is 201 Å². The summed E-state index contributed by atoms with van der Waals surface area (Å²) >= 11 is 0. The van der Waals surface area contributed by atoms with Gasteiger partial charge in [-0.1, -0.05) is 123 Å². The summed E-state index contributed by atoms with van der Waals surface area (Å²) in [5.41, 5.74) is 11.9. The van der Waals surface area contributed by atoms with Gasteiger partial charge in [-0.3, -0.25) is 0 Å². The third-order valence-electron chi connectivity index (χ3n) is 9.89. The SMILES string of the molecule is C=CC1=C(/C=C\C)N(c2ccc(-c3ccc(N(c4ccccc4)c4ccc(-c5ccccc5)cc4)cc3)cc2)C2(C)C=CCC(C)C12. The molecule has 0 spiro atoms. The molecule has 5 aromatic carbocycles. The molecule has 2 heteroatoms. The van der Waals surface area contributed by atoms with Crippen molar-refractivity contribution in [1.82, 2.24) is 0 Å². The molecule has 2 aliphatic rings. The van der Waals surface area contributed by atoms with Crippen LogP contribution in [-0.2, 0) is 0 Å². The second-order valence-corrected chi connectivity index (χ2v) is 12.9. The lowest BCUT2D eigenvalue weighted by molar-refractivity contribution is 0.304. The number of hydrogen-bond donors (Lipinski definition) is 0. The minimum absolute atomic E-state index is 0.126. The average Bonchev–Trinajstić information content (AvgIpc) is 3.38. The summed E-state index contributed by atoms with van der Waals surface area (Å²) in [5, 5.41) is 0. The van der Waals surface area contributed by atoms with Gasteiger partial charge in [0.2, 0.25) is 0 Å². The van der Waals surface area contributed by atoms with Gasteiger partial charge in [0.1, 0.15) is 0 Å². The molecule has 0 amide bonds. The van der Waals surface area contributed by atoms with Crippen molar-refractivity contribution >= 4 is 22.7 Å². The number of allylic oxidation sites excluding steroid dienone is 4. The van der Waals surface area contributed by atoms with Crippen LogP contribution in [0.3, 0.4) is 0 Å². The molecular formula is C45H42N2. The fraction of sp³-hybridized carbons (Fsp3) is 0.156. The fourth-order valence-corrected chi connectivity index (χ4v) is 7.76. The third kappa shape index (κ3) is 5.55. The van der Waals surface area contributed by atoms with Crippen molar-refractivity contribution in [2.45, 2.75) is 32.7 Å². The van der Waals surface area contributed by atoms with Crippen molar-refractivity contribution in [2.24, 2.45) is 11.8 Å². The quantitative estimate of drug-likeness (QED) is 0.161. The van der Waals surface area contributed by atoms with E-state index >= 15 is 0 Å². The summed E-state index contributed by atoms with van der Waals surface area (Å²) in [6.07, 6.45) is 12.4. The Morgan fingerprint density at radius 3 is 1.70 bits per heavy atom. The zero-order chi connectivity index (χ0) is 32.4. The number of para-hydroxylation sites is 1. The van der Waals surface area contributed by atoms with Gasteiger partial charge in [0, 0.05) is 34.4 Å². The lowest BCUT2D eigenvalue weighted by Gasteiger charge is -2.44. The highest BCUT2D eigenvalue weighted by Gasteiger charge is 2.50. The van der Waals surface area contributed by atoms with Gasteiger partial charge in [0.15, 0.2) is 0 Å². The first-order chi connectivity index (χ1) is 23.0. The molecule has 1 heterocycles. The van der Waals surface area contributed by atoms with Crippen LogP contribution in [0.15, 0.2) is 182 Å². The molecule has 0 saturated carbocycles. The number of nitrogens with zero attached hydrogens (tertiary/aromatic N) is 2. The molecule has 0 fully saturated rings. The normalized spacial score (nSPS) is 20.4. The number of anilines is 4. The van der Waals surface area contributed by atoms with Gasteiger partial charge in [-0.05, 0) is 109 Å². The summed E-state index contributed by atoms with van der Waals surface area (Å²) in [5.74, 6) is 0.962. The molecule has 0 aromatic heterocycles. The first-order valence-corrected chi connectivity index (χ1v) is 16.7. The van der Waals surface area contributed by atoms with Crippen LogP contribution in [0.5, 0.6) is 0 Å². The monoisotopic (exact) mass is 610 g/mol. The molecule has 7 rings (SSSR count). The number of hydrogen-bond acceptors (Lipinski definition) is 2. The zero-order valence-corrected chi connectivity index (χ0v) is 27.6. The van der Waals surface area contributed by atoms with Gasteiger partial charge in [-0.25, -0.2) is 0 Å². The van der Waals surface area contributed by atoms with Crippen LogP contribution in [0.1, 0.15) is 27.2 Å². The van der Waals surface area contributed by atoms with E-state index in [0.717, 1.165) is 23.5 Å². The standard InChI is InChI=1S/C45H42N2/c1-5-14-43-42(6-2)44-33(3)15-13-32-45(44,4)47(43)41-30-24-37(25-31-41)36-22-28-40(29-23-36)46(38-18-11-8-12-19-38)39-26-20-35(21-27-39)34-16-9-7-10-17-34/h5-14,16-33,44H,2,15H2,1,3-4H3/b14-5-. The topological polar surface area (TPSA) is 6.48 Å². The van der Waals surface area contributed by atoms with Crippen LogP contribution in [-0.4, -0.2) is 5.54 Å².